The van der Waals surface area contributed by atoms with Crippen molar-refractivity contribution in [3.63, 3.8) is 0 Å². The average molecular weight is 640 g/mol. The molecular formula is C35H33N3O7S. The molecule has 4 rings (SSSR count). The van der Waals surface area contributed by atoms with E-state index in [-0.39, 0.29) is 17.2 Å². The fourth-order valence-electron chi connectivity index (χ4n) is 4.32. The predicted molar refractivity (Wildman–Crippen MR) is 178 cm³/mol. The Bertz CT molecular complexity index is 1760. The molecule has 0 bridgehead atoms. The Hall–Kier alpha value is -5.55. The van der Waals surface area contributed by atoms with Crippen LogP contribution in [0, 0.1) is 0 Å². The van der Waals surface area contributed by atoms with Gasteiger partial charge in [-0.15, -0.1) is 11.8 Å². The lowest BCUT2D eigenvalue weighted by molar-refractivity contribution is -0.116. The Morgan fingerprint density at radius 2 is 1.50 bits per heavy atom. The van der Waals surface area contributed by atoms with Gasteiger partial charge >= 0.3 is 5.97 Å². The fraction of sp³-hybridized carbons (Fsp3) is 0.143. The molecule has 3 amide bonds. The molecule has 11 heteroatoms. The first-order valence-electron chi connectivity index (χ1n) is 14.2. The quantitative estimate of drug-likeness (QED) is 0.0983. The van der Waals surface area contributed by atoms with Gasteiger partial charge in [0.1, 0.15) is 17.2 Å². The van der Waals surface area contributed by atoms with Crippen molar-refractivity contribution >= 4 is 52.9 Å². The molecular weight excluding hydrogens is 606 g/mol. The molecule has 0 aromatic heterocycles. The zero-order chi connectivity index (χ0) is 33.1. The Balaban J connectivity index is 1.54. The first-order chi connectivity index (χ1) is 22.2. The van der Waals surface area contributed by atoms with Crippen molar-refractivity contribution in [1.29, 1.82) is 0 Å². The first-order valence-corrected chi connectivity index (χ1v) is 15.1. The molecule has 1 unspecified atom stereocenters. The molecule has 46 heavy (non-hydrogen) atoms. The van der Waals surface area contributed by atoms with Gasteiger partial charge in [-0.2, -0.15) is 0 Å². The number of methoxy groups -OCH3 is 2. The number of nitrogens with one attached hydrogen (secondary N) is 3. The molecule has 0 saturated heterocycles. The minimum Gasteiger partial charge on any atom is -0.497 e. The van der Waals surface area contributed by atoms with Crippen LogP contribution in [0.1, 0.15) is 39.6 Å². The first kappa shape index (κ1) is 33.3. The zero-order valence-corrected chi connectivity index (χ0v) is 26.2. The van der Waals surface area contributed by atoms with Gasteiger partial charge in [-0.3, -0.25) is 14.4 Å². The van der Waals surface area contributed by atoms with Crippen molar-refractivity contribution in [1.82, 2.24) is 5.32 Å². The normalized spacial score (nSPS) is 11.6. The molecule has 0 spiro atoms. The molecule has 0 fully saturated rings. The highest BCUT2D eigenvalue weighted by Crippen LogP contribution is 2.30. The van der Waals surface area contributed by atoms with Gasteiger partial charge < -0.3 is 30.5 Å². The number of anilines is 2. The molecule has 4 aromatic carbocycles. The number of carbonyl (C=O) groups excluding carboxylic acids is 3. The number of carboxylic acids is 1. The lowest BCUT2D eigenvalue weighted by atomic mass is 10.1. The maximum atomic E-state index is 13.6. The Labute approximate surface area is 270 Å². The van der Waals surface area contributed by atoms with Gasteiger partial charge in [0.25, 0.3) is 11.8 Å². The summed E-state index contributed by atoms with van der Waals surface area (Å²) in [6.07, 6.45) is 2.01. The van der Waals surface area contributed by atoms with E-state index in [0.29, 0.717) is 40.4 Å². The largest absolute Gasteiger partial charge is 0.497 e. The van der Waals surface area contributed by atoms with Crippen LogP contribution >= 0.6 is 11.8 Å². The predicted octanol–water partition coefficient (Wildman–Crippen LogP) is 6.32. The summed E-state index contributed by atoms with van der Waals surface area (Å²) in [5.41, 5.74) is 1.79. The lowest BCUT2D eigenvalue weighted by Gasteiger charge is -2.16. The van der Waals surface area contributed by atoms with Crippen LogP contribution in [0.15, 0.2) is 108 Å². The minimum atomic E-state index is -1.09. The average Bonchev–Trinajstić information content (AvgIpc) is 3.07. The van der Waals surface area contributed by atoms with Gasteiger partial charge in [0.15, 0.2) is 0 Å². The highest BCUT2D eigenvalue weighted by atomic mass is 32.2. The zero-order valence-electron chi connectivity index (χ0n) is 25.4. The number of amides is 3. The summed E-state index contributed by atoms with van der Waals surface area (Å²) in [4.78, 5) is 51.7. The SMILES string of the molecule is CCC(Sc1cccc(NC(=O)/C(=C\c2ccc(OC)cc2OC)NC(=O)c2ccccc2)c1)C(=O)Nc1cccc(C(=O)O)c1. The Morgan fingerprint density at radius 1 is 0.804 bits per heavy atom. The summed E-state index contributed by atoms with van der Waals surface area (Å²) in [7, 11) is 3.03. The van der Waals surface area contributed by atoms with E-state index in [2.05, 4.69) is 16.0 Å². The minimum absolute atomic E-state index is 0.0234. The maximum Gasteiger partial charge on any atom is 0.335 e. The molecule has 0 radical (unpaired) electrons. The van der Waals surface area contributed by atoms with Crippen molar-refractivity contribution in [3.05, 3.63) is 119 Å². The summed E-state index contributed by atoms with van der Waals surface area (Å²) in [5.74, 6) is -1.41. The van der Waals surface area contributed by atoms with Crippen molar-refractivity contribution in [3.8, 4) is 11.5 Å². The maximum absolute atomic E-state index is 13.6. The highest BCUT2D eigenvalue weighted by Gasteiger charge is 2.20. The van der Waals surface area contributed by atoms with E-state index in [4.69, 9.17) is 9.47 Å². The van der Waals surface area contributed by atoms with Crippen LogP contribution in [-0.2, 0) is 9.59 Å². The van der Waals surface area contributed by atoms with Gasteiger partial charge in [0, 0.05) is 33.5 Å². The van der Waals surface area contributed by atoms with Crippen molar-refractivity contribution in [2.75, 3.05) is 24.9 Å². The summed E-state index contributed by atoms with van der Waals surface area (Å²) in [6, 6.07) is 26.7. The van der Waals surface area contributed by atoms with Crippen LogP contribution in [-0.4, -0.2) is 48.3 Å². The second-order valence-electron chi connectivity index (χ2n) is 9.86. The number of carboxylic acid groups (broad SMARTS) is 1. The van der Waals surface area contributed by atoms with E-state index in [9.17, 15) is 24.3 Å². The van der Waals surface area contributed by atoms with Gasteiger partial charge in [-0.1, -0.05) is 37.3 Å². The van der Waals surface area contributed by atoms with Crippen LogP contribution in [0.3, 0.4) is 0 Å². The molecule has 10 nitrogen and oxygen atoms in total. The number of thioether (sulfide) groups is 1. The van der Waals surface area contributed by atoms with Gasteiger partial charge in [0.05, 0.1) is 25.0 Å². The van der Waals surface area contributed by atoms with E-state index in [1.165, 1.54) is 44.2 Å². The second kappa shape index (κ2) is 16.0. The number of aromatic carboxylic acids is 1. The summed E-state index contributed by atoms with van der Waals surface area (Å²) < 4.78 is 10.8. The third kappa shape index (κ3) is 8.99. The molecule has 1 atom stereocenters. The van der Waals surface area contributed by atoms with Gasteiger partial charge in [-0.25, -0.2) is 4.79 Å². The highest BCUT2D eigenvalue weighted by molar-refractivity contribution is 8.00. The lowest BCUT2D eigenvalue weighted by Crippen LogP contribution is -2.30. The van der Waals surface area contributed by atoms with Crippen LogP contribution in [0.2, 0.25) is 0 Å². The summed E-state index contributed by atoms with van der Waals surface area (Å²) >= 11 is 1.30. The van der Waals surface area contributed by atoms with Crippen molar-refractivity contribution in [2.45, 2.75) is 23.5 Å². The van der Waals surface area contributed by atoms with Crippen LogP contribution in [0.5, 0.6) is 11.5 Å². The molecule has 0 heterocycles. The molecule has 0 aliphatic rings. The number of hydrogen-bond donors (Lipinski definition) is 4. The molecule has 4 N–H and O–H groups in total. The second-order valence-corrected chi connectivity index (χ2v) is 11.1. The van der Waals surface area contributed by atoms with Crippen LogP contribution in [0.25, 0.3) is 6.08 Å². The van der Waals surface area contributed by atoms with E-state index in [0.717, 1.165) is 4.90 Å². The Morgan fingerprint density at radius 3 is 2.17 bits per heavy atom. The summed E-state index contributed by atoms with van der Waals surface area (Å²) in [5, 5.41) is 17.1. The van der Waals surface area contributed by atoms with Crippen molar-refractivity contribution < 1.29 is 33.8 Å². The fourth-order valence-corrected chi connectivity index (χ4v) is 5.33. The van der Waals surface area contributed by atoms with Crippen LogP contribution in [0.4, 0.5) is 11.4 Å². The third-order valence-corrected chi connectivity index (χ3v) is 8.04. The molecule has 236 valence electrons. The van der Waals surface area contributed by atoms with E-state index < -0.39 is 23.0 Å². The molecule has 4 aromatic rings. The summed E-state index contributed by atoms with van der Waals surface area (Å²) in [6.45, 7) is 1.87. The Kier molecular flexibility index (Phi) is 11.6. The van der Waals surface area contributed by atoms with Crippen molar-refractivity contribution in [2.24, 2.45) is 0 Å². The van der Waals surface area contributed by atoms with Crippen LogP contribution < -0.4 is 25.4 Å². The van der Waals surface area contributed by atoms with E-state index in [1.807, 2.05) is 13.0 Å². The molecule has 0 aliphatic carbocycles. The van der Waals surface area contributed by atoms with Gasteiger partial charge in [0.2, 0.25) is 5.91 Å². The number of carbonyl (C=O) groups is 4. The standard InChI is InChI=1S/C35H33N3O7S/c1-4-31(34(41)37-25-13-8-12-24(18-25)35(42)43)46-28-15-9-14-26(20-28)36-33(40)29(38-32(39)22-10-6-5-7-11-22)19-23-16-17-27(44-2)21-30(23)45-3/h5-21,31H,4H2,1-3H3,(H,36,40)(H,37,41)(H,38,39)(H,42,43)/b29-19+. The topological polar surface area (TPSA) is 143 Å². The monoisotopic (exact) mass is 639 g/mol. The van der Waals surface area contributed by atoms with Gasteiger partial charge in [-0.05, 0) is 73.2 Å². The smallest absolute Gasteiger partial charge is 0.335 e. The molecule has 0 saturated carbocycles. The number of ether oxygens (including phenoxy) is 2. The van der Waals surface area contributed by atoms with E-state index in [1.54, 1.807) is 78.9 Å². The number of benzene rings is 4. The number of rotatable bonds is 13. The van der Waals surface area contributed by atoms with E-state index >= 15 is 0 Å². The molecule has 0 aliphatic heterocycles. The third-order valence-electron chi connectivity index (χ3n) is 6.68. The number of hydrogen-bond acceptors (Lipinski definition) is 7.